The van der Waals surface area contributed by atoms with E-state index >= 15 is 0 Å². The SMILES string of the molecule is CC1(C)c2ccccc2-c2ccc(N(c3ccc4c(c3)C(C)(C)c3ccccc3-4)c3ccccc3N(c3ccc(C4=CCCC=C4)cc3)c3ccc(-c4ccccc4)cc3)cc21. The van der Waals surface area contributed by atoms with Crippen molar-refractivity contribution in [2.45, 2.75) is 51.4 Å². The van der Waals surface area contributed by atoms with E-state index in [1.54, 1.807) is 0 Å². The molecule has 8 aromatic carbocycles. The summed E-state index contributed by atoms with van der Waals surface area (Å²) in [5.41, 5.74) is 22.0. The number of benzene rings is 8. The lowest BCUT2D eigenvalue weighted by atomic mass is 9.82. The molecule has 300 valence electrons. The van der Waals surface area contributed by atoms with E-state index in [9.17, 15) is 0 Å². The van der Waals surface area contributed by atoms with Crippen LogP contribution in [0.4, 0.5) is 34.1 Å². The molecule has 3 aliphatic carbocycles. The van der Waals surface area contributed by atoms with Crippen molar-refractivity contribution < 1.29 is 0 Å². The Bertz CT molecular complexity index is 2950. The molecule has 0 bridgehead atoms. The Labute approximate surface area is 366 Å². The standard InChI is InChI=1S/C60H50N2/c1-59(2)53-23-13-11-21-49(53)51-37-35-47(39-55(51)59)62(48-36-38-52-50-22-12-14-24-54(50)60(3,4)56(52)40-48)58-26-16-15-25-57(58)61(45-31-27-43(28-32-45)41-17-7-5-8-18-41)46-33-29-44(30-34-46)42-19-9-6-10-20-42/h5,7-9,11-40H,6,10H2,1-4H3. The molecular weight excluding hydrogens is 749 g/mol. The van der Waals surface area contributed by atoms with E-state index in [0.717, 1.165) is 47.0 Å². The normalized spacial score (nSPS) is 14.9. The number of rotatable bonds is 8. The van der Waals surface area contributed by atoms with Gasteiger partial charge < -0.3 is 9.80 Å². The van der Waals surface area contributed by atoms with Crippen LogP contribution in [0.1, 0.15) is 68.4 Å². The first-order chi connectivity index (χ1) is 30.3. The van der Waals surface area contributed by atoms with Gasteiger partial charge in [0.15, 0.2) is 0 Å². The van der Waals surface area contributed by atoms with Crippen molar-refractivity contribution in [3.63, 3.8) is 0 Å². The first-order valence-electron chi connectivity index (χ1n) is 22.1. The smallest absolute Gasteiger partial charge is 0.0702 e. The highest BCUT2D eigenvalue weighted by Gasteiger charge is 2.38. The summed E-state index contributed by atoms with van der Waals surface area (Å²) < 4.78 is 0. The second kappa shape index (κ2) is 14.8. The van der Waals surface area contributed by atoms with E-state index in [0.29, 0.717) is 0 Å². The summed E-state index contributed by atoms with van der Waals surface area (Å²) in [7, 11) is 0. The molecule has 62 heavy (non-hydrogen) atoms. The van der Waals surface area contributed by atoms with Crippen molar-refractivity contribution in [3.8, 4) is 33.4 Å². The van der Waals surface area contributed by atoms with Crippen LogP contribution in [0, 0.1) is 0 Å². The highest BCUT2D eigenvalue weighted by molar-refractivity contribution is 5.94. The molecule has 0 aliphatic heterocycles. The van der Waals surface area contributed by atoms with Crippen LogP contribution >= 0.6 is 0 Å². The topological polar surface area (TPSA) is 6.48 Å². The molecule has 0 aromatic heterocycles. The van der Waals surface area contributed by atoms with Crippen LogP contribution in [-0.4, -0.2) is 0 Å². The number of fused-ring (bicyclic) bond motifs is 6. The quantitative estimate of drug-likeness (QED) is 0.151. The summed E-state index contributed by atoms with van der Waals surface area (Å²) in [6.07, 6.45) is 9.08. The Hall–Kier alpha value is -7.16. The molecule has 0 saturated heterocycles. The molecule has 0 heterocycles. The molecular formula is C60H50N2. The fourth-order valence-electron chi connectivity index (χ4n) is 10.4. The number of nitrogens with zero attached hydrogens (tertiary/aromatic N) is 2. The minimum absolute atomic E-state index is 0.147. The molecule has 0 amide bonds. The summed E-state index contributed by atoms with van der Waals surface area (Å²) in [5, 5.41) is 0. The third-order valence-electron chi connectivity index (χ3n) is 13.7. The number of hydrogen-bond donors (Lipinski definition) is 0. The predicted molar refractivity (Wildman–Crippen MR) is 263 cm³/mol. The largest absolute Gasteiger partial charge is 0.308 e. The van der Waals surface area contributed by atoms with Crippen LogP contribution in [0.2, 0.25) is 0 Å². The molecule has 2 heteroatoms. The lowest BCUT2D eigenvalue weighted by molar-refractivity contribution is 0.660. The second-order valence-corrected chi connectivity index (χ2v) is 18.1. The zero-order valence-corrected chi connectivity index (χ0v) is 35.9. The Balaban J connectivity index is 1.12. The van der Waals surface area contributed by atoms with Gasteiger partial charge in [0.1, 0.15) is 0 Å². The van der Waals surface area contributed by atoms with E-state index in [1.165, 1.54) is 66.8 Å². The van der Waals surface area contributed by atoms with E-state index in [4.69, 9.17) is 0 Å². The fraction of sp³-hybridized carbons (Fsp3) is 0.133. The third-order valence-corrected chi connectivity index (χ3v) is 13.7. The van der Waals surface area contributed by atoms with Crippen molar-refractivity contribution in [2.75, 3.05) is 9.80 Å². The molecule has 0 radical (unpaired) electrons. The van der Waals surface area contributed by atoms with Gasteiger partial charge in [-0.25, -0.2) is 0 Å². The highest BCUT2D eigenvalue weighted by Crippen LogP contribution is 2.54. The molecule has 0 saturated carbocycles. The van der Waals surface area contributed by atoms with Gasteiger partial charge in [0.05, 0.1) is 11.4 Å². The Kier molecular flexibility index (Phi) is 9.02. The maximum Gasteiger partial charge on any atom is 0.0702 e. The Morgan fingerprint density at radius 3 is 1.29 bits per heavy atom. The lowest BCUT2D eigenvalue weighted by Gasteiger charge is -2.34. The van der Waals surface area contributed by atoms with E-state index < -0.39 is 0 Å². The summed E-state index contributed by atoms with van der Waals surface area (Å²) in [5.74, 6) is 0. The van der Waals surface area contributed by atoms with Crippen molar-refractivity contribution in [1.29, 1.82) is 0 Å². The van der Waals surface area contributed by atoms with Crippen LogP contribution in [0.5, 0.6) is 0 Å². The first-order valence-corrected chi connectivity index (χ1v) is 22.1. The molecule has 0 fully saturated rings. The monoisotopic (exact) mass is 798 g/mol. The van der Waals surface area contributed by atoms with Gasteiger partial charge in [0, 0.05) is 33.6 Å². The van der Waals surface area contributed by atoms with E-state index in [1.807, 2.05) is 0 Å². The Morgan fingerprint density at radius 1 is 0.355 bits per heavy atom. The van der Waals surface area contributed by atoms with Gasteiger partial charge >= 0.3 is 0 Å². The van der Waals surface area contributed by atoms with Gasteiger partial charge in [-0.3, -0.25) is 0 Å². The fourth-order valence-corrected chi connectivity index (χ4v) is 10.4. The molecule has 0 N–H and O–H groups in total. The van der Waals surface area contributed by atoms with Crippen molar-refractivity contribution in [2.24, 2.45) is 0 Å². The number of hydrogen-bond acceptors (Lipinski definition) is 2. The summed E-state index contributed by atoms with van der Waals surface area (Å²) in [4.78, 5) is 4.94. The molecule has 0 atom stereocenters. The highest BCUT2D eigenvalue weighted by atomic mass is 15.2. The summed E-state index contributed by atoms with van der Waals surface area (Å²) >= 11 is 0. The molecule has 3 aliphatic rings. The zero-order valence-electron chi connectivity index (χ0n) is 35.9. The van der Waals surface area contributed by atoms with Gasteiger partial charge in [0.25, 0.3) is 0 Å². The first kappa shape index (κ1) is 37.8. The number of para-hydroxylation sites is 2. The van der Waals surface area contributed by atoms with Crippen molar-refractivity contribution >= 4 is 39.7 Å². The number of anilines is 6. The van der Waals surface area contributed by atoms with Gasteiger partial charge in [-0.15, -0.1) is 0 Å². The average molecular weight is 799 g/mol. The average Bonchev–Trinajstić information content (AvgIpc) is 3.69. The molecule has 8 aromatic rings. The summed E-state index contributed by atoms with van der Waals surface area (Å²) in [6.45, 7) is 9.49. The maximum atomic E-state index is 2.51. The minimum Gasteiger partial charge on any atom is -0.308 e. The van der Waals surface area contributed by atoms with Crippen LogP contribution in [0.3, 0.4) is 0 Å². The summed E-state index contributed by atoms with van der Waals surface area (Å²) in [6, 6.07) is 69.9. The molecule has 11 rings (SSSR count). The van der Waals surface area contributed by atoms with Gasteiger partial charge in [-0.1, -0.05) is 173 Å². The minimum atomic E-state index is -0.147. The third kappa shape index (κ3) is 6.16. The molecule has 0 unspecified atom stereocenters. The van der Waals surface area contributed by atoms with Crippen LogP contribution in [-0.2, 0) is 10.8 Å². The molecule has 0 spiro atoms. The van der Waals surface area contributed by atoms with Gasteiger partial charge in [0.2, 0.25) is 0 Å². The van der Waals surface area contributed by atoms with Crippen molar-refractivity contribution in [3.05, 3.63) is 234 Å². The predicted octanol–water partition coefficient (Wildman–Crippen LogP) is 16.6. The zero-order chi connectivity index (χ0) is 42.0. The van der Waals surface area contributed by atoms with Crippen LogP contribution < -0.4 is 9.80 Å². The van der Waals surface area contributed by atoms with Gasteiger partial charge in [-0.2, -0.15) is 0 Å². The van der Waals surface area contributed by atoms with Crippen LogP contribution in [0.25, 0.3) is 39.0 Å². The second-order valence-electron chi connectivity index (χ2n) is 18.1. The van der Waals surface area contributed by atoms with Crippen LogP contribution in [0.15, 0.2) is 206 Å². The maximum absolute atomic E-state index is 2.51. The molecule has 2 nitrogen and oxygen atoms in total. The number of allylic oxidation sites excluding steroid dienone is 4. The van der Waals surface area contributed by atoms with E-state index in [2.05, 4.69) is 244 Å². The lowest BCUT2D eigenvalue weighted by Crippen LogP contribution is -2.19. The van der Waals surface area contributed by atoms with E-state index in [-0.39, 0.29) is 10.8 Å². The Morgan fingerprint density at radius 2 is 0.774 bits per heavy atom. The van der Waals surface area contributed by atoms with Gasteiger partial charge in [-0.05, 0) is 140 Å². The van der Waals surface area contributed by atoms with Crippen molar-refractivity contribution in [1.82, 2.24) is 0 Å².